The topological polar surface area (TPSA) is 65.2 Å². The van der Waals surface area contributed by atoms with Crippen LogP contribution in [0.4, 0.5) is 0 Å². The van der Waals surface area contributed by atoms with Crippen LogP contribution in [0.2, 0.25) is 0 Å². The summed E-state index contributed by atoms with van der Waals surface area (Å²) >= 11 is 0. The van der Waals surface area contributed by atoms with E-state index in [1.165, 1.54) is 28.3 Å². The lowest BCUT2D eigenvalue weighted by Gasteiger charge is -2.11. The van der Waals surface area contributed by atoms with Crippen LogP contribution in [0.1, 0.15) is 27.8 Å². The number of aliphatic imine (C=N–C) groups is 2. The van der Waals surface area contributed by atoms with Crippen molar-refractivity contribution < 1.29 is 10.2 Å². The molecule has 0 aromatic heterocycles. The molecular weight excluding hydrogens is 360 g/mol. The zero-order chi connectivity index (χ0) is 20.5. The number of aromatic hydroxyl groups is 1. The maximum Gasteiger partial charge on any atom is 0.155 e. The summed E-state index contributed by atoms with van der Waals surface area (Å²) < 4.78 is 0. The molecule has 29 heavy (non-hydrogen) atoms. The minimum Gasteiger partial charge on any atom is -0.508 e. The maximum absolute atomic E-state index is 9.85. The van der Waals surface area contributed by atoms with Gasteiger partial charge in [-0.3, -0.25) is 4.99 Å². The van der Waals surface area contributed by atoms with Gasteiger partial charge in [0.05, 0.1) is 17.8 Å². The maximum atomic E-state index is 9.85. The third-order valence-electron chi connectivity index (χ3n) is 5.18. The molecule has 0 fully saturated rings. The Morgan fingerprint density at radius 1 is 0.897 bits per heavy atom. The molecule has 144 valence electrons. The van der Waals surface area contributed by atoms with Gasteiger partial charge < -0.3 is 10.2 Å². The van der Waals surface area contributed by atoms with Gasteiger partial charge in [0.25, 0.3) is 0 Å². The van der Waals surface area contributed by atoms with Crippen LogP contribution in [-0.4, -0.2) is 28.3 Å². The number of rotatable bonds is 4. The molecule has 0 spiro atoms. The fourth-order valence-electron chi connectivity index (χ4n) is 3.59. The highest BCUT2D eigenvalue weighted by molar-refractivity contribution is 6.17. The van der Waals surface area contributed by atoms with E-state index in [1.807, 2.05) is 0 Å². The molecule has 0 aliphatic carbocycles. The minimum atomic E-state index is -0.186. The van der Waals surface area contributed by atoms with E-state index in [-0.39, 0.29) is 17.1 Å². The minimum absolute atomic E-state index is 0.0218. The molecule has 4 heteroatoms. The number of hydrogen-bond donors (Lipinski definition) is 2. The standard InChI is InChI=1S/C25H22N2O2/c1-15-6-4-5-7-20(15)21-10-8-18(12-16(21)2)23-14-26-25(27-23)19-9-11-24(29)22(13-19)17(3)28/h4-13,28-29H,3,14H2,1-2H3. The molecule has 0 atom stereocenters. The summed E-state index contributed by atoms with van der Waals surface area (Å²) in [5.41, 5.74) is 7.86. The van der Waals surface area contributed by atoms with Crippen molar-refractivity contribution in [1.82, 2.24) is 0 Å². The van der Waals surface area contributed by atoms with Crippen molar-refractivity contribution in [1.29, 1.82) is 0 Å². The second kappa shape index (κ2) is 7.40. The molecular formula is C25H22N2O2. The van der Waals surface area contributed by atoms with Crippen LogP contribution < -0.4 is 0 Å². The summed E-state index contributed by atoms with van der Waals surface area (Å²) in [6, 6.07) is 19.7. The van der Waals surface area contributed by atoms with Crippen LogP contribution in [0.25, 0.3) is 16.9 Å². The summed E-state index contributed by atoms with van der Waals surface area (Å²) in [7, 11) is 0. The first-order valence-electron chi connectivity index (χ1n) is 9.44. The summed E-state index contributed by atoms with van der Waals surface area (Å²) in [6.45, 7) is 8.21. The molecule has 0 saturated carbocycles. The molecule has 2 N–H and O–H groups in total. The highest BCUT2D eigenvalue weighted by Crippen LogP contribution is 2.28. The number of aliphatic hydroxyl groups excluding tert-OH is 1. The Bertz CT molecular complexity index is 1190. The third-order valence-corrected chi connectivity index (χ3v) is 5.18. The molecule has 4 nitrogen and oxygen atoms in total. The van der Waals surface area contributed by atoms with Gasteiger partial charge in [-0.1, -0.05) is 43.0 Å². The van der Waals surface area contributed by atoms with Crippen LogP contribution in [0.3, 0.4) is 0 Å². The number of aliphatic hydroxyl groups is 1. The SMILES string of the molecule is C=C(O)c1cc(C2=NCC(c3ccc(-c4ccccc4C)c(C)c3)=N2)ccc1O. The van der Waals surface area contributed by atoms with Crippen molar-refractivity contribution in [3.8, 4) is 16.9 Å². The van der Waals surface area contributed by atoms with Crippen LogP contribution in [0, 0.1) is 13.8 Å². The normalized spacial score (nSPS) is 13.2. The predicted molar refractivity (Wildman–Crippen MR) is 119 cm³/mol. The Kier molecular flexibility index (Phi) is 4.77. The van der Waals surface area contributed by atoms with Gasteiger partial charge in [-0.15, -0.1) is 0 Å². The van der Waals surface area contributed by atoms with Gasteiger partial charge in [0, 0.05) is 5.56 Å². The number of hydrogen-bond acceptors (Lipinski definition) is 4. The number of phenols is 1. The molecule has 4 rings (SSSR count). The molecule has 1 heterocycles. The van der Waals surface area contributed by atoms with E-state index in [2.05, 4.69) is 67.9 Å². The zero-order valence-corrected chi connectivity index (χ0v) is 16.5. The Morgan fingerprint density at radius 3 is 2.34 bits per heavy atom. The van der Waals surface area contributed by atoms with Gasteiger partial charge in [0.2, 0.25) is 0 Å². The first-order chi connectivity index (χ1) is 13.9. The monoisotopic (exact) mass is 382 g/mol. The second-order valence-corrected chi connectivity index (χ2v) is 7.22. The molecule has 3 aromatic rings. The first kappa shape index (κ1) is 18.7. The molecule has 1 aliphatic rings. The largest absolute Gasteiger partial charge is 0.508 e. The van der Waals surface area contributed by atoms with Crippen molar-refractivity contribution in [2.45, 2.75) is 13.8 Å². The van der Waals surface area contributed by atoms with Crippen molar-refractivity contribution in [2.75, 3.05) is 6.54 Å². The van der Waals surface area contributed by atoms with E-state index in [0.717, 1.165) is 16.8 Å². The third kappa shape index (κ3) is 3.57. The van der Waals surface area contributed by atoms with Gasteiger partial charge in [0.15, 0.2) is 5.84 Å². The van der Waals surface area contributed by atoms with Crippen molar-refractivity contribution >= 4 is 17.3 Å². The van der Waals surface area contributed by atoms with E-state index >= 15 is 0 Å². The van der Waals surface area contributed by atoms with E-state index in [4.69, 9.17) is 4.99 Å². The van der Waals surface area contributed by atoms with Gasteiger partial charge >= 0.3 is 0 Å². The number of nitrogens with zero attached hydrogens (tertiary/aromatic N) is 2. The van der Waals surface area contributed by atoms with Crippen LogP contribution in [0.15, 0.2) is 77.2 Å². The van der Waals surface area contributed by atoms with Gasteiger partial charge in [-0.2, -0.15) is 0 Å². The quantitative estimate of drug-likeness (QED) is 0.589. The summed E-state index contributed by atoms with van der Waals surface area (Å²) in [5, 5.41) is 19.5. The van der Waals surface area contributed by atoms with E-state index in [9.17, 15) is 10.2 Å². The first-order valence-corrected chi connectivity index (χ1v) is 9.44. The molecule has 0 radical (unpaired) electrons. The Morgan fingerprint density at radius 2 is 1.62 bits per heavy atom. The van der Waals surface area contributed by atoms with Gasteiger partial charge in [-0.25, -0.2) is 4.99 Å². The number of amidine groups is 1. The Hall–Kier alpha value is -3.66. The van der Waals surface area contributed by atoms with Gasteiger partial charge in [0.1, 0.15) is 11.5 Å². The zero-order valence-electron chi connectivity index (χ0n) is 16.5. The second-order valence-electron chi connectivity index (χ2n) is 7.22. The van der Waals surface area contributed by atoms with Crippen molar-refractivity contribution in [2.24, 2.45) is 9.98 Å². The molecule has 0 unspecified atom stereocenters. The summed E-state index contributed by atoms with van der Waals surface area (Å²) in [5.74, 6) is 0.379. The summed E-state index contributed by atoms with van der Waals surface area (Å²) in [4.78, 5) is 9.23. The predicted octanol–water partition coefficient (Wildman–Crippen LogP) is 5.45. The number of benzene rings is 3. The molecule has 1 aliphatic heterocycles. The molecule has 3 aromatic carbocycles. The van der Waals surface area contributed by atoms with E-state index in [0.29, 0.717) is 12.4 Å². The lowest BCUT2D eigenvalue weighted by Crippen LogP contribution is -2.03. The lowest BCUT2D eigenvalue weighted by atomic mass is 9.94. The smallest absolute Gasteiger partial charge is 0.155 e. The van der Waals surface area contributed by atoms with Crippen LogP contribution in [0.5, 0.6) is 5.75 Å². The number of aryl methyl sites for hydroxylation is 2. The van der Waals surface area contributed by atoms with Crippen LogP contribution in [-0.2, 0) is 0 Å². The Balaban J connectivity index is 1.64. The Labute approximate surface area is 170 Å². The molecule has 0 saturated heterocycles. The van der Waals surface area contributed by atoms with Gasteiger partial charge in [-0.05, 0) is 65.9 Å². The average Bonchev–Trinajstić information content (AvgIpc) is 3.19. The number of phenolic OH excluding ortho intramolecular Hbond substituents is 1. The van der Waals surface area contributed by atoms with Crippen molar-refractivity contribution in [3.63, 3.8) is 0 Å². The van der Waals surface area contributed by atoms with Crippen molar-refractivity contribution in [3.05, 3.63) is 95.1 Å². The highest BCUT2D eigenvalue weighted by atomic mass is 16.3. The fourth-order valence-corrected chi connectivity index (χ4v) is 3.59. The lowest BCUT2D eigenvalue weighted by molar-refractivity contribution is 0.461. The average molecular weight is 382 g/mol. The summed E-state index contributed by atoms with van der Waals surface area (Å²) in [6.07, 6.45) is 0. The van der Waals surface area contributed by atoms with E-state index < -0.39 is 0 Å². The molecule has 0 amide bonds. The molecule has 0 bridgehead atoms. The highest BCUT2D eigenvalue weighted by Gasteiger charge is 2.17. The van der Waals surface area contributed by atoms with Crippen LogP contribution >= 0.6 is 0 Å². The van der Waals surface area contributed by atoms with E-state index in [1.54, 1.807) is 12.1 Å². The fraction of sp³-hybridized carbons (Fsp3) is 0.120.